The number of hydrogen-bond donors (Lipinski definition) is 1. The van der Waals surface area contributed by atoms with Crippen LogP contribution in [0.2, 0.25) is 0 Å². The fourth-order valence-corrected chi connectivity index (χ4v) is 2.64. The van der Waals surface area contributed by atoms with E-state index in [1.807, 2.05) is 30.3 Å². The topological polar surface area (TPSA) is 55.4 Å². The minimum atomic E-state index is -0.602. The lowest BCUT2D eigenvalue weighted by Gasteiger charge is -2.16. The Labute approximate surface area is 133 Å². The molecule has 0 heterocycles. The summed E-state index contributed by atoms with van der Waals surface area (Å²) in [5.41, 5.74) is 0.491. The molecule has 0 atom stereocenters. The van der Waals surface area contributed by atoms with E-state index in [0.29, 0.717) is 0 Å². The third kappa shape index (κ3) is 2.82. The molecule has 0 unspecified atom stereocenters. The van der Waals surface area contributed by atoms with E-state index in [-0.39, 0.29) is 17.2 Å². The molecule has 0 aliphatic heterocycles. The molecule has 5 heteroatoms. The van der Waals surface area contributed by atoms with E-state index >= 15 is 0 Å². The van der Waals surface area contributed by atoms with Gasteiger partial charge in [0.25, 0.3) is 0 Å². The van der Waals surface area contributed by atoms with Crippen LogP contribution in [0.1, 0.15) is 28.8 Å². The Morgan fingerprint density at radius 1 is 1.13 bits per heavy atom. The molecule has 0 radical (unpaired) electrons. The van der Waals surface area contributed by atoms with Gasteiger partial charge in [0.2, 0.25) is 5.91 Å². The number of methoxy groups -OCH3 is 1. The van der Waals surface area contributed by atoms with Crippen LogP contribution in [0.5, 0.6) is 0 Å². The van der Waals surface area contributed by atoms with E-state index in [1.165, 1.54) is 19.2 Å². The van der Waals surface area contributed by atoms with Crippen LogP contribution in [0.3, 0.4) is 0 Å². The third-order valence-corrected chi connectivity index (χ3v) is 4.15. The Hall–Kier alpha value is -2.69. The molecule has 118 valence electrons. The predicted octanol–water partition coefficient (Wildman–Crippen LogP) is 3.28. The highest BCUT2D eigenvalue weighted by Gasteiger charge is 2.51. The van der Waals surface area contributed by atoms with Crippen molar-refractivity contribution in [2.24, 2.45) is 0 Å². The Morgan fingerprint density at radius 3 is 2.43 bits per heavy atom. The average Bonchev–Trinajstić information content (AvgIpc) is 3.39. The first-order valence-corrected chi connectivity index (χ1v) is 7.32. The van der Waals surface area contributed by atoms with Crippen molar-refractivity contribution in [3.05, 3.63) is 65.5 Å². The lowest BCUT2D eigenvalue weighted by Crippen LogP contribution is -2.28. The van der Waals surface area contributed by atoms with Crippen LogP contribution in [-0.4, -0.2) is 19.0 Å². The maximum atomic E-state index is 13.9. The largest absolute Gasteiger partial charge is 0.465 e. The molecule has 0 bridgehead atoms. The summed E-state index contributed by atoms with van der Waals surface area (Å²) in [7, 11) is 1.25. The standard InChI is InChI=1S/C18H16FNO3/c1-23-16(21)12-7-8-14(19)15(11-12)20-17(22)18(9-10-18)13-5-3-2-4-6-13/h2-8,11H,9-10H2,1H3,(H,20,22). The summed E-state index contributed by atoms with van der Waals surface area (Å²) in [4.78, 5) is 24.1. The summed E-state index contributed by atoms with van der Waals surface area (Å²) < 4.78 is 18.6. The lowest BCUT2D eigenvalue weighted by molar-refractivity contribution is -0.118. The fourth-order valence-electron chi connectivity index (χ4n) is 2.64. The minimum Gasteiger partial charge on any atom is -0.465 e. The minimum absolute atomic E-state index is 0.0138. The highest BCUT2D eigenvalue weighted by Crippen LogP contribution is 2.49. The molecule has 1 aliphatic rings. The number of hydrogen-bond acceptors (Lipinski definition) is 3. The number of esters is 1. The second-order valence-corrected chi connectivity index (χ2v) is 5.59. The molecule has 3 rings (SSSR count). The molecule has 0 spiro atoms. The second kappa shape index (κ2) is 5.83. The zero-order chi connectivity index (χ0) is 16.4. The summed E-state index contributed by atoms with van der Waals surface area (Å²) >= 11 is 0. The quantitative estimate of drug-likeness (QED) is 0.881. The van der Waals surface area contributed by atoms with Gasteiger partial charge in [-0.1, -0.05) is 30.3 Å². The molecule has 0 saturated heterocycles. The first kappa shape index (κ1) is 15.2. The van der Waals surface area contributed by atoms with Crippen molar-refractivity contribution in [1.82, 2.24) is 0 Å². The number of amides is 1. The fraction of sp³-hybridized carbons (Fsp3) is 0.222. The Morgan fingerprint density at radius 2 is 1.83 bits per heavy atom. The zero-order valence-corrected chi connectivity index (χ0v) is 12.6. The summed E-state index contributed by atoms with van der Waals surface area (Å²) in [6.45, 7) is 0. The summed E-state index contributed by atoms with van der Waals surface area (Å²) in [6.07, 6.45) is 1.45. The van der Waals surface area contributed by atoms with Gasteiger partial charge in [0.1, 0.15) is 5.82 Å². The van der Waals surface area contributed by atoms with E-state index in [0.717, 1.165) is 24.5 Å². The van der Waals surface area contributed by atoms with Crippen LogP contribution in [0.25, 0.3) is 0 Å². The van der Waals surface area contributed by atoms with E-state index in [4.69, 9.17) is 0 Å². The van der Waals surface area contributed by atoms with Gasteiger partial charge in [0.15, 0.2) is 0 Å². The van der Waals surface area contributed by atoms with Crippen LogP contribution in [-0.2, 0) is 14.9 Å². The van der Waals surface area contributed by atoms with Crippen LogP contribution in [0, 0.1) is 5.82 Å². The van der Waals surface area contributed by atoms with Gasteiger partial charge in [-0.15, -0.1) is 0 Å². The van der Waals surface area contributed by atoms with Crippen LogP contribution >= 0.6 is 0 Å². The number of nitrogens with one attached hydrogen (secondary N) is 1. The molecule has 1 fully saturated rings. The van der Waals surface area contributed by atoms with E-state index in [2.05, 4.69) is 10.1 Å². The first-order valence-electron chi connectivity index (χ1n) is 7.32. The molecule has 1 aliphatic carbocycles. The average molecular weight is 313 g/mol. The number of rotatable bonds is 4. The predicted molar refractivity (Wildman–Crippen MR) is 83.7 cm³/mol. The van der Waals surface area contributed by atoms with Crippen LogP contribution < -0.4 is 5.32 Å². The van der Waals surface area contributed by atoms with E-state index in [9.17, 15) is 14.0 Å². The van der Waals surface area contributed by atoms with Crippen LogP contribution in [0.4, 0.5) is 10.1 Å². The second-order valence-electron chi connectivity index (χ2n) is 5.59. The van der Waals surface area contributed by atoms with Crippen LogP contribution in [0.15, 0.2) is 48.5 Å². The molecule has 1 amide bonds. The van der Waals surface area contributed by atoms with Crippen molar-refractivity contribution in [3.63, 3.8) is 0 Å². The summed E-state index contributed by atoms with van der Waals surface area (Å²) in [5.74, 6) is -1.43. The third-order valence-electron chi connectivity index (χ3n) is 4.15. The molecular formula is C18H16FNO3. The summed E-state index contributed by atoms with van der Waals surface area (Å²) in [6, 6.07) is 13.2. The van der Waals surface area contributed by atoms with Gasteiger partial charge in [-0.25, -0.2) is 9.18 Å². The molecule has 2 aromatic carbocycles. The van der Waals surface area contributed by atoms with E-state index < -0.39 is 17.2 Å². The highest BCUT2D eigenvalue weighted by atomic mass is 19.1. The maximum Gasteiger partial charge on any atom is 0.337 e. The van der Waals surface area contributed by atoms with Gasteiger partial charge < -0.3 is 10.1 Å². The van der Waals surface area contributed by atoms with Crippen molar-refractivity contribution in [3.8, 4) is 0 Å². The number of ether oxygens (including phenoxy) is 1. The Bertz CT molecular complexity index is 754. The SMILES string of the molecule is COC(=O)c1ccc(F)c(NC(=O)C2(c3ccccc3)CC2)c1. The van der Waals surface area contributed by atoms with Crippen molar-refractivity contribution in [2.75, 3.05) is 12.4 Å². The van der Waals surface area contributed by atoms with E-state index in [1.54, 1.807) is 0 Å². The lowest BCUT2D eigenvalue weighted by atomic mass is 9.95. The molecule has 23 heavy (non-hydrogen) atoms. The van der Waals surface area contributed by atoms with Gasteiger partial charge in [-0.05, 0) is 36.6 Å². The highest BCUT2D eigenvalue weighted by molar-refractivity contribution is 6.02. The maximum absolute atomic E-state index is 13.9. The Balaban J connectivity index is 1.85. The van der Waals surface area contributed by atoms with Crippen molar-refractivity contribution in [1.29, 1.82) is 0 Å². The van der Waals surface area contributed by atoms with Crippen molar-refractivity contribution >= 4 is 17.6 Å². The number of halogens is 1. The van der Waals surface area contributed by atoms with Gasteiger partial charge in [-0.3, -0.25) is 4.79 Å². The molecule has 0 aromatic heterocycles. The number of carbonyl (C=O) groups excluding carboxylic acids is 2. The van der Waals surface area contributed by atoms with Gasteiger partial charge in [0, 0.05) is 0 Å². The molecule has 2 aromatic rings. The smallest absolute Gasteiger partial charge is 0.337 e. The first-order chi connectivity index (χ1) is 11.1. The normalized spacial score (nSPS) is 14.9. The van der Waals surface area contributed by atoms with Crippen molar-refractivity contribution < 1.29 is 18.7 Å². The molecule has 1 saturated carbocycles. The monoisotopic (exact) mass is 313 g/mol. The summed E-state index contributed by atoms with van der Waals surface area (Å²) in [5, 5.41) is 2.61. The number of anilines is 1. The zero-order valence-electron chi connectivity index (χ0n) is 12.6. The number of carbonyl (C=O) groups is 2. The van der Waals surface area contributed by atoms with Gasteiger partial charge >= 0.3 is 5.97 Å². The van der Waals surface area contributed by atoms with Gasteiger partial charge in [-0.2, -0.15) is 0 Å². The molecule has 4 nitrogen and oxygen atoms in total. The van der Waals surface area contributed by atoms with Crippen molar-refractivity contribution in [2.45, 2.75) is 18.3 Å². The van der Waals surface area contributed by atoms with Gasteiger partial charge in [0.05, 0.1) is 23.8 Å². The number of benzene rings is 2. The molecular weight excluding hydrogens is 297 g/mol. The Kier molecular flexibility index (Phi) is 3.86. The molecule has 1 N–H and O–H groups in total.